The van der Waals surface area contributed by atoms with Gasteiger partial charge in [-0.25, -0.2) is 0 Å². The van der Waals surface area contributed by atoms with E-state index in [-0.39, 0.29) is 5.41 Å². The summed E-state index contributed by atoms with van der Waals surface area (Å²) in [6, 6.07) is 48.8. The predicted molar refractivity (Wildman–Crippen MR) is 206 cm³/mol. The summed E-state index contributed by atoms with van der Waals surface area (Å²) < 4.78 is 0. The molecule has 2 aliphatic rings. The van der Waals surface area contributed by atoms with Crippen LogP contribution >= 0.6 is 0 Å². The summed E-state index contributed by atoms with van der Waals surface area (Å²) in [6.07, 6.45) is 15.9. The Bertz CT molecular complexity index is 2230. The summed E-state index contributed by atoms with van der Waals surface area (Å²) in [7, 11) is 0. The molecule has 2 aliphatic carbocycles. The number of fused-ring (bicyclic) bond motifs is 3. The van der Waals surface area contributed by atoms with Crippen LogP contribution in [0.1, 0.15) is 26.3 Å². The smallest absolute Gasteiger partial charge is 0.0468 e. The van der Waals surface area contributed by atoms with Gasteiger partial charge in [0.05, 0.1) is 0 Å². The van der Waals surface area contributed by atoms with E-state index in [0.717, 1.165) is 28.4 Å². The highest BCUT2D eigenvalue weighted by molar-refractivity contribution is 5.90. The third-order valence-electron chi connectivity index (χ3n) is 9.67. The van der Waals surface area contributed by atoms with Gasteiger partial charge in [-0.15, -0.1) is 0 Å². The van der Waals surface area contributed by atoms with Crippen molar-refractivity contribution < 1.29 is 0 Å². The molecule has 48 heavy (non-hydrogen) atoms. The van der Waals surface area contributed by atoms with Crippen LogP contribution in [-0.4, -0.2) is 0 Å². The molecule has 8 rings (SSSR count). The summed E-state index contributed by atoms with van der Waals surface area (Å²) >= 11 is 0. The lowest BCUT2D eigenvalue weighted by molar-refractivity contribution is 0.590. The molecule has 6 aromatic rings. The maximum Gasteiger partial charge on any atom is 0.0468 e. The van der Waals surface area contributed by atoms with E-state index in [2.05, 4.69) is 207 Å². The van der Waals surface area contributed by atoms with Crippen LogP contribution < -0.4 is 9.80 Å². The summed E-state index contributed by atoms with van der Waals surface area (Å²) in [5, 5.41) is 4.95. The summed E-state index contributed by atoms with van der Waals surface area (Å²) in [5.74, 6) is 0.747. The lowest BCUT2D eigenvalue weighted by Gasteiger charge is -2.32. The second-order valence-corrected chi connectivity index (χ2v) is 13.9. The Balaban J connectivity index is 1.23. The van der Waals surface area contributed by atoms with Crippen LogP contribution in [0.4, 0.5) is 28.4 Å². The summed E-state index contributed by atoms with van der Waals surface area (Å²) in [4.78, 5) is 4.76. The molecule has 0 amide bonds. The van der Waals surface area contributed by atoms with Crippen molar-refractivity contribution in [1.82, 2.24) is 0 Å². The van der Waals surface area contributed by atoms with E-state index < -0.39 is 0 Å². The number of benzene rings is 6. The van der Waals surface area contributed by atoms with Crippen molar-refractivity contribution in [2.24, 2.45) is 11.8 Å². The Morgan fingerprint density at radius 2 is 0.896 bits per heavy atom. The number of hydrogen-bond donors (Lipinski definition) is 0. The molecule has 0 radical (unpaired) electrons. The van der Waals surface area contributed by atoms with E-state index in [9.17, 15) is 0 Å². The highest BCUT2D eigenvalue weighted by atomic mass is 15.2. The van der Waals surface area contributed by atoms with Crippen LogP contribution in [0, 0.1) is 11.8 Å². The third kappa shape index (κ3) is 5.75. The SMILES string of the molecule is CC(C)(C)c1ccc(N(c2ccc(N(C3=CC4C=CC=CC4C=C3)c3ccc4ccccc4c3)cc2)c2ccc3ccccc3c2)cc1. The number of rotatable bonds is 6. The molecular formula is C46H40N2. The molecule has 6 aromatic carbocycles. The van der Waals surface area contributed by atoms with Crippen molar-refractivity contribution in [3.63, 3.8) is 0 Å². The number of allylic oxidation sites excluding steroid dienone is 7. The minimum absolute atomic E-state index is 0.0894. The second kappa shape index (κ2) is 12.2. The fourth-order valence-electron chi connectivity index (χ4n) is 7.00. The molecule has 2 atom stereocenters. The van der Waals surface area contributed by atoms with Crippen LogP contribution in [-0.2, 0) is 5.41 Å². The summed E-state index contributed by atoms with van der Waals surface area (Å²) in [5.41, 5.74) is 8.26. The Kier molecular flexibility index (Phi) is 7.57. The highest BCUT2D eigenvalue weighted by Gasteiger charge is 2.23. The van der Waals surface area contributed by atoms with Crippen LogP contribution in [0.15, 0.2) is 182 Å². The van der Waals surface area contributed by atoms with Gasteiger partial charge in [0.2, 0.25) is 0 Å². The molecule has 0 aliphatic heterocycles. The Morgan fingerprint density at radius 3 is 1.46 bits per heavy atom. The lowest BCUT2D eigenvalue weighted by atomic mass is 9.84. The van der Waals surface area contributed by atoms with Crippen molar-refractivity contribution in [3.8, 4) is 0 Å². The molecule has 0 fully saturated rings. The topological polar surface area (TPSA) is 6.48 Å². The zero-order valence-electron chi connectivity index (χ0n) is 27.8. The van der Waals surface area contributed by atoms with Crippen LogP contribution in [0.2, 0.25) is 0 Å². The number of anilines is 5. The van der Waals surface area contributed by atoms with Gasteiger partial charge in [-0.1, -0.05) is 130 Å². The molecule has 0 heterocycles. The predicted octanol–water partition coefficient (Wildman–Crippen LogP) is 12.7. The van der Waals surface area contributed by atoms with E-state index in [0.29, 0.717) is 11.8 Å². The molecule has 234 valence electrons. The number of hydrogen-bond acceptors (Lipinski definition) is 2. The molecule has 0 N–H and O–H groups in total. The normalized spacial score (nSPS) is 16.9. The first kappa shape index (κ1) is 29.8. The van der Waals surface area contributed by atoms with Gasteiger partial charge in [-0.05, 0) is 99.3 Å². The minimum atomic E-state index is 0.0894. The molecule has 2 heteroatoms. The van der Waals surface area contributed by atoms with Gasteiger partial charge in [0.15, 0.2) is 0 Å². The molecular weight excluding hydrogens is 581 g/mol. The van der Waals surface area contributed by atoms with E-state index in [4.69, 9.17) is 0 Å². The van der Waals surface area contributed by atoms with Gasteiger partial charge in [-0.3, -0.25) is 0 Å². The van der Waals surface area contributed by atoms with Crippen LogP contribution in [0.5, 0.6) is 0 Å². The largest absolute Gasteiger partial charge is 0.311 e. The van der Waals surface area contributed by atoms with Gasteiger partial charge >= 0.3 is 0 Å². The third-order valence-corrected chi connectivity index (χ3v) is 9.67. The Labute approximate surface area is 284 Å². The van der Waals surface area contributed by atoms with Crippen LogP contribution in [0.3, 0.4) is 0 Å². The van der Waals surface area contributed by atoms with E-state index >= 15 is 0 Å². The lowest BCUT2D eigenvalue weighted by Crippen LogP contribution is -2.21. The van der Waals surface area contributed by atoms with Crippen molar-refractivity contribution in [2.45, 2.75) is 26.2 Å². The fourth-order valence-corrected chi connectivity index (χ4v) is 7.00. The molecule has 0 aromatic heterocycles. The van der Waals surface area contributed by atoms with Gasteiger partial charge in [0, 0.05) is 46.0 Å². The first-order chi connectivity index (χ1) is 23.4. The van der Waals surface area contributed by atoms with Crippen molar-refractivity contribution >= 4 is 50.0 Å². The molecule has 2 unspecified atom stereocenters. The molecule has 0 saturated carbocycles. The highest BCUT2D eigenvalue weighted by Crippen LogP contribution is 2.41. The second-order valence-electron chi connectivity index (χ2n) is 13.9. The van der Waals surface area contributed by atoms with E-state index in [1.165, 1.54) is 32.8 Å². The average molecular weight is 621 g/mol. The first-order valence-corrected chi connectivity index (χ1v) is 16.9. The molecule has 2 nitrogen and oxygen atoms in total. The zero-order valence-corrected chi connectivity index (χ0v) is 27.8. The van der Waals surface area contributed by atoms with E-state index in [1.54, 1.807) is 0 Å². The Hall–Kier alpha value is -5.60. The zero-order chi connectivity index (χ0) is 32.7. The molecule has 0 spiro atoms. The standard InChI is InChI=1S/C46H40N2/c1-46(2,3)39-19-24-40(25-20-39)47(43-21-16-33-10-4-7-13-36(33)30-43)41-26-28-42(29-27-41)48(44-22-17-34-11-5-8-14-37(34)31-44)45-23-18-35-12-6-9-15-38(35)32-45/h4-32,34,37H,1-3H3. The minimum Gasteiger partial charge on any atom is -0.311 e. The maximum atomic E-state index is 2.41. The summed E-state index contributed by atoms with van der Waals surface area (Å²) in [6.45, 7) is 6.80. The van der Waals surface area contributed by atoms with Gasteiger partial charge in [0.25, 0.3) is 0 Å². The monoisotopic (exact) mass is 620 g/mol. The average Bonchev–Trinajstić information content (AvgIpc) is 3.12. The maximum absolute atomic E-state index is 2.41. The Morgan fingerprint density at radius 1 is 0.438 bits per heavy atom. The van der Waals surface area contributed by atoms with Gasteiger partial charge < -0.3 is 9.80 Å². The van der Waals surface area contributed by atoms with Crippen molar-refractivity contribution in [3.05, 3.63) is 187 Å². The van der Waals surface area contributed by atoms with Gasteiger partial charge in [-0.2, -0.15) is 0 Å². The number of nitrogens with zero attached hydrogens (tertiary/aromatic N) is 2. The van der Waals surface area contributed by atoms with Crippen molar-refractivity contribution in [2.75, 3.05) is 9.80 Å². The molecule has 0 saturated heterocycles. The molecule has 0 bridgehead atoms. The van der Waals surface area contributed by atoms with Crippen LogP contribution in [0.25, 0.3) is 21.5 Å². The van der Waals surface area contributed by atoms with E-state index in [1.807, 2.05) is 0 Å². The van der Waals surface area contributed by atoms with Gasteiger partial charge in [0.1, 0.15) is 0 Å². The van der Waals surface area contributed by atoms with Crippen molar-refractivity contribution in [1.29, 1.82) is 0 Å². The first-order valence-electron chi connectivity index (χ1n) is 16.9. The quantitative estimate of drug-likeness (QED) is 0.183. The fraction of sp³-hybridized carbons (Fsp3) is 0.130.